The van der Waals surface area contributed by atoms with Crippen LogP contribution in [0.4, 0.5) is 18.4 Å². The second-order valence-electron chi connectivity index (χ2n) is 5.59. The van der Waals surface area contributed by atoms with Gasteiger partial charge in [0.15, 0.2) is 0 Å². The Labute approximate surface area is 143 Å². The van der Waals surface area contributed by atoms with Crippen molar-refractivity contribution >= 4 is 12.2 Å². The van der Waals surface area contributed by atoms with Crippen LogP contribution in [0.25, 0.3) is 0 Å². The molecule has 1 aromatic rings. The fourth-order valence-electron chi connectivity index (χ4n) is 2.57. The average Bonchev–Trinajstić information content (AvgIpc) is 3.02. The minimum absolute atomic E-state index is 0.0332. The third kappa shape index (κ3) is 6.54. The number of halogens is 2. The van der Waals surface area contributed by atoms with Crippen LogP contribution >= 0.6 is 0 Å². The molecule has 1 fully saturated rings. The van der Waals surface area contributed by atoms with E-state index >= 15 is 0 Å². The minimum Gasteiger partial charge on any atom is -0.465 e. The highest BCUT2D eigenvalue weighted by molar-refractivity contribution is 5.65. The molecule has 2 atom stereocenters. The van der Waals surface area contributed by atoms with Gasteiger partial charge in [-0.05, 0) is 17.9 Å². The van der Waals surface area contributed by atoms with E-state index in [0.717, 1.165) is 5.56 Å². The lowest BCUT2D eigenvalue weighted by Crippen LogP contribution is -2.30. The molecule has 9 heteroatoms. The zero-order chi connectivity index (χ0) is 18.2. The van der Waals surface area contributed by atoms with E-state index < -0.39 is 25.2 Å². The van der Waals surface area contributed by atoms with Gasteiger partial charge in [-0.3, -0.25) is 4.74 Å². The summed E-state index contributed by atoms with van der Waals surface area (Å²) in [7, 11) is 0. The maximum atomic E-state index is 12.5. The fraction of sp³-hybridized carbons (Fsp3) is 0.500. The van der Waals surface area contributed by atoms with Crippen molar-refractivity contribution in [1.82, 2.24) is 4.90 Å². The number of alkyl halides is 2. The maximum absolute atomic E-state index is 12.5. The standard InChI is InChI=1S/C16H19F2NO6/c17-14(18)24-13(8-12-6-7-19(9-12)15(20)21)25-16(22)23-10-11-4-2-1-3-5-11/h1-5,12-14H,6-10H2,(H,20,21)/t12-,13?/m1/s1. The molecule has 1 saturated heterocycles. The molecule has 1 aliphatic rings. The number of likely N-dealkylation sites (tertiary alicyclic amines) is 1. The fourth-order valence-corrected chi connectivity index (χ4v) is 2.57. The predicted octanol–water partition coefficient (Wildman–Crippen LogP) is 3.30. The first-order valence-corrected chi connectivity index (χ1v) is 7.73. The second-order valence-corrected chi connectivity index (χ2v) is 5.59. The molecule has 25 heavy (non-hydrogen) atoms. The molecule has 138 valence electrons. The Morgan fingerprint density at radius 2 is 2.00 bits per heavy atom. The van der Waals surface area contributed by atoms with Crippen LogP contribution in [0.3, 0.4) is 0 Å². The van der Waals surface area contributed by atoms with Crippen molar-refractivity contribution in [3.05, 3.63) is 35.9 Å². The summed E-state index contributed by atoms with van der Waals surface area (Å²) in [6.07, 6.45) is -3.24. The zero-order valence-corrected chi connectivity index (χ0v) is 13.3. The molecular formula is C16H19F2NO6. The van der Waals surface area contributed by atoms with E-state index in [2.05, 4.69) is 4.74 Å². The number of carbonyl (C=O) groups excluding carboxylic acids is 1. The highest BCUT2D eigenvalue weighted by atomic mass is 19.3. The number of hydrogen-bond donors (Lipinski definition) is 1. The van der Waals surface area contributed by atoms with Gasteiger partial charge in [-0.15, -0.1) is 0 Å². The van der Waals surface area contributed by atoms with E-state index in [4.69, 9.17) is 14.6 Å². The van der Waals surface area contributed by atoms with Crippen molar-refractivity contribution in [2.24, 2.45) is 5.92 Å². The van der Waals surface area contributed by atoms with Crippen LogP contribution < -0.4 is 0 Å². The second kappa shape index (κ2) is 9.16. The zero-order valence-electron chi connectivity index (χ0n) is 13.3. The molecule has 2 rings (SSSR count). The Morgan fingerprint density at radius 1 is 1.28 bits per heavy atom. The first-order valence-electron chi connectivity index (χ1n) is 7.73. The van der Waals surface area contributed by atoms with E-state index in [-0.39, 0.29) is 25.5 Å². The minimum atomic E-state index is -3.12. The molecule has 0 spiro atoms. The van der Waals surface area contributed by atoms with Gasteiger partial charge in [0.25, 0.3) is 0 Å². The van der Waals surface area contributed by atoms with Crippen LogP contribution in [-0.4, -0.2) is 48.2 Å². The predicted molar refractivity (Wildman–Crippen MR) is 80.9 cm³/mol. The first kappa shape index (κ1) is 18.9. The van der Waals surface area contributed by atoms with E-state index in [1.807, 2.05) is 0 Å². The Balaban J connectivity index is 1.82. The third-order valence-electron chi connectivity index (χ3n) is 3.76. The van der Waals surface area contributed by atoms with Gasteiger partial charge < -0.3 is 19.5 Å². The third-order valence-corrected chi connectivity index (χ3v) is 3.76. The summed E-state index contributed by atoms with van der Waals surface area (Å²) in [5.41, 5.74) is 0.721. The van der Waals surface area contributed by atoms with Crippen molar-refractivity contribution < 1.29 is 37.7 Å². The van der Waals surface area contributed by atoms with Crippen LogP contribution in [0, 0.1) is 5.92 Å². The smallest absolute Gasteiger partial charge is 0.465 e. The molecule has 0 radical (unpaired) electrons. The van der Waals surface area contributed by atoms with Gasteiger partial charge >= 0.3 is 18.9 Å². The highest BCUT2D eigenvalue weighted by Crippen LogP contribution is 2.24. The molecule has 1 heterocycles. The van der Waals surface area contributed by atoms with E-state index in [1.54, 1.807) is 30.3 Å². The molecule has 1 unspecified atom stereocenters. The number of amides is 1. The van der Waals surface area contributed by atoms with Gasteiger partial charge in [0.2, 0.25) is 6.29 Å². The van der Waals surface area contributed by atoms with Gasteiger partial charge in [-0.25, -0.2) is 9.59 Å². The van der Waals surface area contributed by atoms with Gasteiger partial charge in [-0.2, -0.15) is 8.78 Å². The number of hydrogen-bond acceptors (Lipinski definition) is 5. The van der Waals surface area contributed by atoms with Gasteiger partial charge in [0, 0.05) is 19.5 Å². The van der Waals surface area contributed by atoms with Crippen molar-refractivity contribution in [3.63, 3.8) is 0 Å². The van der Waals surface area contributed by atoms with Crippen LogP contribution in [0.1, 0.15) is 18.4 Å². The quantitative estimate of drug-likeness (QED) is 0.594. The van der Waals surface area contributed by atoms with Crippen molar-refractivity contribution in [2.75, 3.05) is 13.1 Å². The van der Waals surface area contributed by atoms with Crippen LogP contribution in [0.15, 0.2) is 30.3 Å². The molecule has 0 saturated carbocycles. The molecule has 0 aliphatic carbocycles. The maximum Gasteiger partial charge on any atom is 0.510 e. The SMILES string of the molecule is O=C(OCc1ccccc1)OC(C[C@H]1CCN(C(=O)O)C1)OC(F)F. The Hall–Kier alpha value is -2.42. The van der Waals surface area contributed by atoms with Crippen LogP contribution in [0.2, 0.25) is 0 Å². The van der Waals surface area contributed by atoms with Crippen molar-refractivity contribution in [3.8, 4) is 0 Å². The number of carboxylic acid groups (broad SMARTS) is 1. The summed E-state index contributed by atoms with van der Waals surface area (Å²) < 4.78 is 39.0. The van der Waals surface area contributed by atoms with Gasteiger partial charge in [0.1, 0.15) is 6.61 Å². The topological polar surface area (TPSA) is 85.3 Å². The first-order chi connectivity index (χ1) is 11.9. The number of carbonyl (C=O) groups is 2. The molecule has 1 aromatic carbocycles. The molecule has 1 amide bonds. The van der Waals surface area contributed by atoms with Crippen LogP contribution in [0.5, 0.6) is 0 Å². The van der Waals surface area contributed by atoms with Crippen LogP contribution in [-0.2, 0) is 20.8 Å². The lowest BCUT2D eigenvalue weighted by molar-refractivity contribution is -0.236. The summed E-state index contributed by atoms with van der Waals surface area (Å²) in [4.78, 5) is 23.7. The molecule has 1 N–H and O–H groups in total. The Kier molecular flexibility index (Phi) is 6.93. The molecule has 7 nitrogen and oxygen atoms in total. The normalized spacial score (nSPS) is 18.2. The van der Waals surface area contributed by atoms with Gasteiger partial charge in [-0.1, -0.05) is 30.3 Å². The van der Waals surface area contributed by atoms with E-state index in [9.17, 15) is 18.4 Å². The summed E-state index contributed by atoms with van der Waals surface area (Å²) in [5, 5.41) is 8.90. The molecule has 0 aromatic heterocycles. The number of ether oxygens (including phenoxy) is 3. The monoisotopic (exact) mass is 359 g/mol. The van der Waals surface area contributed by atoms with Crippen molar-refractivity contribution in [2.45, 2.75) is 32.4 Å². The van der Waals surface area contributed by atoms with E-state index in [1.165, 1.54) is 4.90 Å². The summed E-state index contributed by atoms with van der Waals surface area (Å²) in [6.45, 7) is -2.69. The number of nitrogens with zero attached hydrogens (tertiary/aromatic N) is 1. The summed E-state index contributed by atoms with van der Waals surface area (Å²) in [6, 6.07) is 8.80. The van der Waals surface area contributed by atoms with E-state index in [0.29, 0.717) is 13.0 Å². The lowest BCUT2D eigenvalue weighted by Gasteiger charge is -2.20. The molecule has 1 aliphatic heterocycles. The van der Waals surface area contributed by atoms with Crippen molar-refractivity contribution in [1.29, 1.82) is 0 Å². The molecular weight excluding hydrogens is 340 g/mol. The largest absolute Gasteiger partial charge is 0.510 e. The molecule has 0 bridgehead atoms. The summed E-state index contributed by atoms with van der Waals surface area (Å²) in [5.74, 6) is -0.234. The number of rotatable bonds is 7. The van der Waals surface area contributed by atoms with Gasteiger partial charge in [0.05, 0.1) is 0 Å². The Morgan fingerprint density at radius 3 is 2.60 bits per heavy atom. The highest BCUT2D eigenvalue weighted by Gasteiger charge is 2.31. The lowest BCUT2D eigenvalue weighted by atomic mass is 10.1. The average molecular weight is 359 g/mol. The Bertz CT molecular complexity index is 571. The summed E-state index contributed by atoms with van der Waals surface area (Å²) >= 11 is 0. The number of benzene rings is 1.